The Labute approximate surface area is 138 Å². The Bertz CT molecular complexity index is 840. The molecule has 0 amide bonds. The first-order valence-corrected chi connectivity index (χ1v) is 8.74. The topological polar surface area (TPSA) is 97.5 Å². The number of aromatic carboxylic acids is 1. The van der Waals surface area contributed by atoms with Crippen LogP contribution in [0.25, 0.3) is 0 Å². The summed E-state index contributed by atoms with van der Waals surface area (Å²) in [7, 11) is -1.23. The second-order valence-electron chi connectivity index (χ2n) is 5.27. The summed E-state index contributed by atoms with van der Waals surface area (Å²) in [5.41, 5.74) is -0.322. The number of nitrogens with zero attached hydrogens (tertiary/aromatic N) is 1. The maximum absolute atomic E-state index is 12.8. The minimum atomic E-state index is -1.33. The van der Waals surface area contributed by atoms with E-state index in [1.54, 1.807) is 0 Å². The molecule has 1 aliphatic rings. The average Bonchev–Trinajstić information content (AvgIpc) is 3.24. The molecule has 0 aliphatic heterocycles. The van der Waals surface area contributed by atoms with Gasteiger partial charge in [-0.1, -0.05) is 16.8 Å². The van der Waals surface area contributed by atoms with E-state index < -0.39 is 28.2 Å². The third-order valence-corrected chi connectivity index (χ3v) is 4.84. The number of hydrogen-bond donors (Lipinski definition) is 1. The Balaban J connectivity index is 2.08. The molecule has 1 unspecified atom stereocenters. The number of carboxylic acids is 1. The van der Waals surface area contributed by atoms with Crippen molar-refractivity contribution in [1.29, 1.82) is 0 Å². The number of carboxylic acid groups (broad SMARTS) is 1. The van der Waals surface area contributed by atoms with Crippen LogP contribution < -0.4 is 0 Å². The summed E-state index contributed by atoms with van der Waals surface area (Å²) in [5.74, 6) is -1.56. The molecule has 0 spiro atoms. The molecule has 1 aromatic carbocycles. The Morgan fingerprint density at radius 3 is 2.61 bits per heavy atom. The smallest absolute Gasteiger partial charge is 0.358 e. The highest BCUT2D eigenvalue weighted by molar-refractivity contribution is 7.84. The van der Waals surface area contributed by atoms with Gasteiger partial charge in [-0.15, -0.1) is 0 Å². The number of benzene rings is 1. The zero-order valence-corrected chi connectivity index (χ0v) is 13.6. The molecule has 0 radical (unpaired) electrons. The van der Waals surface area contributed by atoms with E-state index in [-0.39, 0.29) is 22.1 Å². The maximum atomic E-state index is 12.8. The number of carbonyl (C=O) groups excluding carboxylic acids is 1. The Hall–Kier alpha value is -1.99. The van der Waals surface area contributed by atoms with Gasteiger partial charge in [0.2, 0.25) is 11.5 Å². The van der Waals surface area contributed by atoms with Crippen LogP contribution in [0.2, 0.25) is 5.02 Å². The van der Waals surface area contributed by atoms with Crippen molar-refractivity contribution in [2.45, 2.75) is 23.7 Å². The summed E-state index contributed by atoms with van der Waals surface area (Å²) < 4.78 is 16.5. The Morgan fingerprint density at radius 2 is 2.09 bits per heavy atom. The lowest BCUT2D eigenvalue weighted by Gasteiger charge is -2.06. The predicted molar refractivity (Wildman–Crippen MR) is 82.7 cm³/mol. The van der Waals surface area contributed by atoms with Gasteiger partial charge in [0.1, 0.15) is 5.56 Å². The molecule has 1 aromatic heterocycles. The van der Waals surface area contributed by atoms with Gasteiger partial charge in [-0.2, -0.15) is 0 Å². The van der Waals surface area contributed by atoms with Crippen LogP contribution in [0.5, 0.6) is 0 Å². The largest absolute Gasteiger partial charge is 0.476 e. The summed E-state index contributed by atoms with van der Waals surface area (Å²) in [5, 5.41) is 12.8. The number of aromatic nitrogens is 1. The van der Waals surface area contributed by atoms with Crippen molar-refractivity contribution in [2.24, 2.45) is 0 Å². The molecule has 1 heterocycles. The lowest BCUT2D eigenvalue weighted by Crippen LogP contribution is -2.11. The molecule has 2 aromatic rings. The first-order valence-electron chi connectivity index (χ1n) is 6.80. The van der Waals surface area contributed by atoms with Crippen LogP contribution in [0, 0.1) is 0 Å². The fourth-order valence-electron chi connectivity index (χ4n) is 2.29. The maximum Gasteiger partial charge on any atom is 0.358 e. The van der Waals surface area contributed by atoms with Crippen molar-refractivity contribution in [3.8, 4) is 0 Å². The van der Waals surface area contributed by atoms with E-state index in [1.165, 1.54) is 24.5 Å². The second-order valence-corrected chi connectivity index (χ2v) is 7.06. The number of halogens is 1. The van der Waals surface area contributed by atoms with Crippen LogP contribution >= 0.6 is 11.6 Å². The standard InChI is InChI=1S/C15H12ClNO5S/c1-23(21)8-4-5-9(10(16)6-8)13(18)11-12(15(19)20)17-22-14(11)7-2-3-7/h4-7H,2-3H2,1H3,(H,19,20). The van der Waals surface area contributed by atoms with Gasteiger partial charge >= 0.3 is 5.97 Å². The van der Waals surface area contributed by atoms with Gasteiger partial charge in [0.15, 0.2) is 5.76 Å². The minimum absolute atomic E-state index is 0.0238. The number of hydrogen-bond acceptors (Lipinski definition) is 5. The summed E-state index contributed by atoms with van der Waals surface area (Å²) >= 11 is 6.11. The molecule has 1 N–H and O–H groups in total. The number of carbonyl (C=O) groups is 2. The third-order valence-electron chi connectivity index (χ3n) is 3.61. The van der Waals surface area contributed by atoms with Crippen molar-refractivity contribution in [3.63, 3.8) is 0 Å². The highest BCUT2D eigenvalue weighted by atomic mass is 35.5. The van der Waals surface area contributed by atoms with E-state index in [0.717, 1.165) is 12.8 Å². The van der Waals surface area contributed by atoms with Crippen LogP contribution in [0.15, 0.2) is 27.6 Å². The Morgan fingerprint density at radius 1 is 1.39 bits per heavy atom. The fourth-order valence-corrected chi connectivity index (χ4v) is 3.16. The van der Waals surface area contributed by atoms with E-state index in [9.17, 15) is 18.9 Å². The van der Waals surface area contributed by atoms with Crippen LogP contribution in [-0.2, 0) is 10.8 Å². The molecule has 0 bridgehead atoms. The quantitative estimate of drug-likeness (QED) is 0.830. The SMILES string of the molecule is CS(=O)c1ccc(C(=O)c2c(C(=O)O)noc2C2CC2)c(Cl)c1. The molecule has 3 rings (SSSR count). The number of ketones is 1. The van der Waals surface area contributed by atoms with Crippen molar-refractivity contribution >= 4 is 34.2 Å². The molecule has 120 valence electrons. The van der Waals surface area contributed by atoms with E-state index >= 15 is 0 Å². The lowest BCUT2D eigenvalue weighted by molar-refractivity contribution is 0.0682. The summed E-state index contributed by atoms with van der Waals surface area (Å²) in [6.07, 6.45) is 3.16. The van der Waals surface area contributed by atoms with Gasteiger partial charge in [0.05, 0.1) is 5.02 Å². The molecular weight excluding hydrogens is 342 g/mol. The monoisotopic (exact) mass is 353 g/mol. The van der Waals surface area contributed by atoms with Crippen LogP contribution in [0.1, 0.15) is 50.9 Å². The summed E-state index contributed by atoms with van der Waals surface area (Å²) in [6, 6.07) is 4.41. The van der Waals surface area contributed by atoms with E-state index in [1.807, 2.05) is 0 Å². The zero-order chi connectivity index (χ0) is 16.7. The van der Waals surface area contributed by atoms with Crippen LogP contribution in [0.4, 0.5) is 0 Å². The molecule has 23 heavy (non-hydrogen) atoms. The highest BCUT2D eigenvalue weighted by Gasteiger charge is 2.37. The Kier molecular flexibility index (Phi) is 4.08. The first kappa shape index (κ1) is 15.9. The molecular formula is C15H12ClNO5S. The highest BCUT2D eigenvalue weighted by Crippen LogP contribution is 2.43. The molecule has 1 saturated carbocycles. The molecule has 6 nitrogen and oxygen atoms in total. The number of rotatable bonds is 5. The van der Waals surface area contributed by atoms with Gasteiger partial charge in [-0.3, -0.25) is 9.00 Å². The minimum Gasteiger partial charge on any atom is -0.476 e. The van der Waals surface area contributed by atoms with Gasteiger partial charge in [-0.05, 0) is 31.0 Å². The molecule has 1 fully saturated rings. The van der Waals surface area contributed by atoms with E-state index in [2.05, 4.69) is 5.16 Å². The molecule has 1 aliphatic carbocycles. The van der Waals surface area contributed by atoms with Gasteiger partial charge in [0, 0.05) is 33.4 Å². The lowest BCUT2D eigenvalue weighted by atomic mass is 9.99. The van der Waals surface area contributed by atoms with Gasteiger partial charge in [-0.25, -0.2) is 4.79 Å². The van der Waals surface area contributed by atoms with Crippen molar-refractivity contribution < 1.29 is 23.4 Å². The summed E-state index contributed by atoms with van der Waals surface area (Å²) in [4.78, 5) is 24.5. The van der Waals surface area contributed by atoms with Crippen LogP contribution in [-0.4, -0.2) is 32.5 Å². The third kappa shape index (κ3) is 2.94. The fraction of sp³-hybridized carbons (Fsp3) is 0.267. The predicted octanol–water partition coefficient (Wildman–Crippen LogP) is 2.87. The van der Waals surface area contributed by atoms with E-state index in [4.69, 9.17) is 16.1 Å². The molecule has 1 atom stereocenters. The van der Waals surface area contributed by atoms with Gasteiger partial charge in [0.25, 0.3) is 0 Å². The van der Waals surface area contributed by atoms with Crippen LogP contribution in [0.3, 0.4) is 0 Å². The molecule has 8 heteroatoms. The van der Waals surface area contributed by atoms with Crippen molar-refractivity contribution in [3.05, 3.63) is 45.8 Å². The first-order chi connectivity index (χ1) is 10.9. The van der Waals surface area contributed by atoms with Gasteiger partial charge < -0.3 is 9.63 Å². The van der Waals surface area contributed by atoms with Crippen molar-refractivity contribution in [1.82, 2.24) is 5.16 Å². The average molecular weight is 354 g/mol. The second kappa shape index (κ2) is 5.90. The zero-order valence-electron chi connectivity index (χ0n) is 12.0. The normalized spacial score (nSPS) is 15.4. The molecule has 0 saturated heterocycles. The van der Waals surface area contributed by atoms with Crippen molar-refractivity contribution in [2.75, 3.05) is 6.26 Å². The van der Waals surface area contributed by atoms with E-state index in [0.29, 0.717) is 10.7 Å². The summed E-state index contributed by atoms with van der Waals surface area (Å²) in [6.45, 7) is 0.